The molecule has 156 valence electrons. The molecule has 5 rings (SSSR count). The summed E-state index contributed by atoms with van der Waals surface area (Å²) < 4.78 is 22.8. The molecule has 2 aromatic heterocycles. The average Bonchev–Trinajstić information content (AvgIpc) is 3.34. The van der Waals surface area contributed by atoms with Crippen molar-refractivity contribution in [3.63, 3.8) is 0 Å². The van der Waals surface area contributed by atoms with Crippen LogP contribution in [0.5, 0.6) is 11.6 Å². The molecule has 8 heteroatoms. The van der Waals surface area contributed by atoms with Gasteiger partial charge >= 0.3 is 0 Å². The summed E-state index contributed by atoms with van der Waals surface area (Å²) in [6, 6.07) is 8.68. The van der Waals surface area contributed by atoms with Gasteiger partial charge < -0.3 is 19.7 Å². The van der Waals surface area contributed by atoms with E-state index in [-0.39, 0.29) is 17.2 Å². The van der Waals surface area contributed by atoms with Gasteiger partial charge in [0, 0.05) is 42.0 Å². The van der Waals surface area contributed by atoms with Crippen LogP contribution in [0.2, 0.25) is 0 Å². The molecule has 7 nitrogen and oxygen atoms in total. The van der Waals surface area contributed by atoms with Gasteiger partial charge in [-0.15, -0.1) is 10.2 Å². The van der Waals surface area contributed by atoms with E-state index in [9.17, 15) is 5.11 Å². The molecule has 0 spiro atoms. The lowest BCUT2D eigenvalue weighted by Gasteiger charge is -2.43. The summed E-state index contributed by atoms with van der Waals surface area (Å²) in [6.45, 7) is 4.04. The largest absolute Gasteiger partial charge is 0.507 e. The molecule has 2 bridgehead atoms. The van der Waals surface area contributed by atoms with Gasteiger partial charge in [-0.25, -0.2) is 9.37 Å². The van der Waals surface area contributed by atoms with E-state index < -0.39 is 17.8 Å². The van der Waals surface area contributed by atoms with Gasteiger partial charge in [0.15, 0.2) is 6.17 Å². The number of aromatic hydroxyl groups is 1. The lowest BCUT2D eigenvalue weighted by molar-refractivity contribution is -0.00951. The number of piperidine rings is 1. The fraction of sp³-hybridized carbons (Fsp3) is 0.409. The summed E-state index contributed by atoms with van der Waals surface area (Å²) in [4.78, 5) is 4.01. The van der Waals surface area contributed by atoms with Crippen LogP contribution in [-0.2, 0) is 0 Å². The van der Waals surface area contributed by atoms with Crippen LogP contribution in [0.4, 0.5) is 4.39 Å². The smallest absolute Gasteiger partial charge is 0.233 e. The number of fused-ring (bicyclic) bond motifs is 2. The van der Waals surface area contributed by atoms with Crippen molar-refractivity contribution in [2.45, 2.75) is 56.5 Å². The monoisotopic (exact) mass is 409 g/mol. The summed E-state index contributed by atoms with van der Waals surface area (Å²) in [6.07, 6.45) is 5.77. The molecule has 30 heavy (non-hydrogen) atoms. The first kappa shape index (κ1) is 19.0. The van der Waals surface area contributed by atoms with Gasteiger partial charge in [-0.05, 0) is 44.9 Å². The van der Waals surface area contributed by atoms with Crippen LogP contribution in [0.25, 0.3) is 16.9 Å². The van der Waals surface area contributed by atoms with Crippen LogP contribution in [0.1, 0.15) is 33.1 Å². The van der Waals surface area contributed by atoms with Crippen LogP contribution < -0.4 is 10.1 Å². The van der Waals surface area contributed by atoms with Crippen LogP contribution in [0.15, 0.2) is 49.1 Å². The van der Waals surface area contributed by atoms with E-state index in [1.165, 1.54) is 0 Å². The molecule has 1 aromatic carbocycles. The molecule has 4 atom stereocenters. The predicted molar refractivity (Wildman–Crippen MR) is 109 cm³/mol. The van der Waals surface area contributed by atoms with Crippen LogP contribution in [0.3, 0.4) is 0 Å². The number of hydrogen-bond acceptors (Lipinski definition) is 6. The predicted octanol–water partition coefficient (Wildman–Crippen LogP) is 3.42. The second kappa shape index (κ2) is 6.77. The summed E-state index contributed by atoms with van der Waals surface area (Å²) in [5, 5.41) is 22.2. The SMILES string of the molecule is C[C@]12CC[C@](C)(N1)[C@@H](F)[C@H](Oc1ccc(-c3ccc(-n4ccnc4)cc3O)nn1)C2. The Kier molecular flexibility index (Phi) is 4.28. The summed E-state index contributed by atoms with van der Waals surface area (Å²) in [5.74, 6) is 0.373. The summed E-state index contributed by atoms with van der Waals surface area (Å²) in [5.41, 5.74) is 1.18. The maximum atomic E-state index is 15.1. The van der Waals surface area contributed by atoms with E-state index in [4.69, 9.17) is 4.74 Å². The normalized spacial score (nSPS) is 30.4. The minimum Gasteiger partial charge on any atom is -0.507 e. The number of benzene rings is 1. The van der Waals surface area contributed by atoms with Gasteiger partial charge in [0.1, 0.15) is 11.9 Å². The summed E-state index contributed by atoms with van der Waals surface area (Å²) >= 11 is 0. The van der Waals surface area contributed by atoms with Gasteiger partial charge in [-0.1, -0.05) is 0 Å². The first-order valence-corrected chi connectivity index (χ1v) is 10.1. The van der Waals surface area contributed by atoms with Gasteiger partial charge in [0.2, 0.25) is 5.88 Å². The second-order valence-electron chi connectivity index (χ2n) is 8.79. The van der Waals surface area contributed by atoms with Crippen molar-refractivity contribution < 1.29 is 14.2 Å². The zero-order valence-electron chi connectivity index (χ0n) is 16.9. The number of nitrogens with one attached hydrogen (secondary N) is 1. The molecule has 2 aliphatic rings. The lowest BCUT2D eigenvalue weighted by atomic mass is 9.85. The number of hydrogen-bond donors (Lipinski definition) is 2. The number of phenols is 1. The Labute approximate surface area is 173 Å². The maximum Gasteiger partial charge on any atom is 0.233 e. The minimum atomic E-state index is -1.12. The van der Waals surface area contributed by atoms with Crippen molar-refractivity contribution in [1.29, 1.82) is 0 Å². The molecule has 2 fully saturated rings. The molecule has 0 radical (unpaired) electrons. The minimum absolute atomic E-state index is 0.0868. The summed E-state index contributed by atoms with van der Waals surface area (Å²) in [7, 11) is 0. The number of alkyl halides is 1. The molecule has 0 unspecified atom stereocenters. The zero-order chi connectivity index (χ0) is 20.9. The number of imidazole rings is 1. The number of phenolic OH excluding ortho intramolecular Hbond substituents is 1. The van der Waals surface area contributed by atoms with E-state index in [0.717, 1.165) is 18.5 Å². The van der Waals surface area contributed by atoms with Gasteiger partial charge in [-0.2, -0.15) is 0 Å². The molecule has 2 N–H and O–H groups in total. The Morgan fingerprint density at radius 2 is 2.07 bits per heavy atom. The van der Waals surface area contributed by atoms with Gasteiger partial charge in [0.25, 0.3) is 0 Å². The van der Waals surface area contributed by atoms with Crippen molar-refractivity contribution in [3.8, 4) is 28.6 Å². The van der Waals surface area contributed by atoms with E-state index in [0.29, 0.717) is 17.7 Å². The van der Waals surface area contributed by atoms with Crippen molar-refractivity contribution in [1.82, 2.24) is 25.1 Å². The maximum absolute atomic E-state index is 15.1. The standard InChI is InChI=1S/C22H24FN5O2/c1-21-7-8-22(2,27-21)20(23)18(12-21)30-19-6-5-16(25-26-19)15-4-3-14(11-17(15)29)28-10-9-24-13-28/h3-6,9-11,13,18,20,27,29H,7-8,12H2,1-2H3/t18-,20+,21-,22+/m1/s1. The Balaban J connectivity index is 1.34. The highest BCUT2D eigenvalue weighted by molar-refractivity contribution is 5.68. The molecule has 3 aromatic rings. The number of nitrogens with zero attached hydrogens (tertiary/aromatic N) is 4. The van der Waals surface area contributed by atoms with Crippen LogP contribution >= 0.6 is 0 Å². The van der Waals surface area contributed by atoms with Crippen LogP contribution in [-0.4, -0.2) is 48.2 Å². The second-order valence-corrected chi connectivity index (χ2v) is 8.79. The number of ether oxygens (including phenoxy) is 1. The highest BCUT2D eigenvalue weighted by Gasteiger charge is 2.56. The quantitative estimate of drug-likeness (QED) is 0.687. The Bertz CT molecular complexity index is 1060. The fourth-order valence-corrected chi connectivity index (χ4v) is 4.76. The Hall–Kier alpha value is -3.00. The molecule has 2 saturated heterocycles. The van der Waals surface area contributed by atoms with Crippen molar-refractivity contribution in [2.75, 3.05) is 0 Å². The number of halogens is 1. The topological polar surface area (TPSA) is 85.1 Å². The molecule has 0 saturated carbocycles. The number of aromatic nitrogens is 4. The van der Waals surface area contributed by atoms with Crippen molar-refractivity contribution >= 4 is 0 Å². The van der Waals surface area contributed by atoms with Gasteiger partial charge in [-0.3, -0.25) is 0 Å². The molecule has 4 heterocycles. The fourth-order valence-electron chi connectivity index (χ4n) is 4.76. The van der Waals surface area contributed by atoms with Gasteiger partial charge in [0.05, 0.1) is 23.2 Å². The molecular weight excluding hydrogens is 385 g/mol. The van der Waals surface area contributed by atoms with Crippen LogP contribution in [0, 0.1) is 0 Å². The zero-order valence-corrected chi connectivity index (χ0v) is 16.9. The molecular formula is C22H24FN5O2. The molecule has 0 aliphatic carbocycles. The third-order valence-electron chi connectivity index (χ3n) is 6.34. The third kappa shape index (κ3) is 3.21. The number of rotatable bonds is 4. The first-order valence-electron chi connectivity index (χ1n) is 10.1. The Morgan fingerprint density at radius 3 is 2.77 bits per heavy atom. The third-order valence-corrected chi connectivity index (χ3v) is 6.34. The van der Waals surface area contributed by atoms with Crippen molar-refractivity contribution in [3.05, 3.63) is 49.1 Å². The van der Waals surface area contributed by atoms with E-state index in [1.54, 1.807) is 47.6 Å². The molecule has 0 amide bonds. The lowest BCUT2D eigenvalue weighted by Crippen LogP contribution is -2.63. The highest BCUT2D eigenvalue weighted by atomic mass is 19.1. The first-order chi connectivity index (χ1) is 14.4. The highest BCUT2D eigenvalue weighted by Crippen LogP contribution is 2.44. The van der Waals surface area contributed by atoms with E-state index in [1.807, 2.05) is 13.0 Å². The molecule has 2 aliphatic heterocycles. The Morgan fingerprint density at radius 1 is 1.20 bits per heavy atom. The van der Waals surface area contributed by atoms with Crippen molar-refractivity contribution in [2.24, 2.45) is 0 Å². The average molecular weight is 409 g/mol. The van der Waals surface area contributed by atoms with E-state index >= 15 is 4.39 Å². The van der Waals surface area contributed by atoms with E-state index in [2.05, 4.69) is 27.4 Å².